The van der Waals surface area contributed by atoms with E-state index in [0.717, 1.165) is 39.7 Å². The molecule has 0 radical (unpaired) electrons. The van der Waals surface area contributed by atoms with Gasteiger partial charge < -0.3 is 9.73 Å². The molecule has 1 saturated carbocycles. The lowest BCUT2D eigenvalue weighted by atomic mass is 9.95. The molecule has 0 unspecified atom stereocenters. The first-order valence-electron chi connectivity index (χ1n) is 12.9. The summed E-state index contributed by atoms with van der Waals surface area (Å²) < 4.78 is 20.7. The fourth-order valence-corrected chi connectivity index (χ4v) is 5.60. The Balaban J connectivity index is 1.21. The summed E-state index contributed by atoms with van der Waals surface area (Å²) in [5.41, 5.74) is 3.48. The fourth-order valence-electron chi connectivity index (χ4n) is 4.71. The maximum Gasteiger partial charge on any atom is 0.317 e. The van der Waals surface area contributed by atoms with E-state index in [1.807, 2.05) is 37.3 Å². The van der Waals surface area contributed by atoms with Gasteiger partial charge in [-0.15, -0.1) is 16.4 Å². The molecule has 0 amide bonds. The molecule has 198 valence electrons. The molecular formula is C29H22FN7O2S. The van der Waals surface area contributed by atoms with Crippen LogP contribution < -0.4 is 5.32 Å². The number of nitrogens with zero attached hydrogens (tertiary/aromatic N) is 6. The van der Waals surface area contributed by atoms with Gasteiger partial charge >= 0.3 is 6.01 Å². The number of hydrogen-bond acceptors (Lipinski definition) is 10. The van der Waals surface area contributed by atoms with Crippen LogP contribution in [0.2, 0.25) is 0 Å². The Kier molecular flexibility index (Phi) is 6.00. The fraction of sp³-hybridized carbons (Fsp3) is 0.207. The topological polar surface area (TPSA) is 119 Å². The molecular weight excluding hydrogens is 529 g/mol. The van der Waals surface area contributed by atoms with E-state index in [1.54, 1.807) is 24.5 Å². The molecule has 2 aromatic carbocycles. The van der Waals surface area contributed by atoms with Crippen molar-refractivity contribution in [3.63, 3.8) is 0 Å². The van der Waals surface area contributed by atoms with Crippen molar-refractivity contribution in [2.24, 2.45) is 4.99 Å². The molecule has 4 heterocycles. The van der Waals surface area contributed by atoms with Gasteiger partial charge in [0, 0.05) is 47.0 Å². The summed E-state index contributed by atoms with van der Waals surface area (Å²) in [6, 6.07) is 14.1. The number of Topliss-reactive ketones (excluding diaryl/α,β-unsaturated/α-hetero) is 1. The zero-order chi connectivity index (χ0) is 27.2. The number of thiazole rings is 1. The number of hydrogen-bond donors (Lipinski definition) is 1. The minimum Gasteiger partial charge on any atom is -0.402 e. The Morgan fingerprint density at radius 2 is 1.80 bits per heavy atom. The van der Waals surface area contributed by atoms with Crippen molar-refractivity contribution in [2.45, 2.75) is 38.3 Å². The number of carbonyl (C=O) groups is 1. The van der Waals surface area contributed by atoms with Crippen molar-refractivity contribution in [2.75, 3.05) is 5.32 Å². The summed E-state index contributed by atoms with van der Waals surface area (Å²) in [6.45, 7) is 1.90. The summed E-state index contributed by atoms with van der Waals surface area (Å²) in [4.78, 5) is 32.4. The zero-order valence-corrected chi connectivity index (χ0v) is 22.2. The van der Waals surface area contributed by atoms with Crippen LogP contribution in [-0.2, 0) is 11.2 Å². The van der Waals surface area contributed by atoms with Crippen molar-refractivity contribution in [1.29, 1.82) is 0 Å². The highest BCUT2D eigenvalue weighted by atomic mass is 32.1. The van der Waals surface area contributed by atoms with Crippen molar-refractivity contribution in [1.82, 2.24) is 25.1 Å². The predicted octanol–water partition coefficient (Wildman–Crippen LogP) is 5.38. The minimum absolute atomic E-state index is 0.00729. The van der Waals surface area contributed by atoms with Crippen molar-refractivity contribution < 1.29 is 13.6 Å². The van der Waals surface area contributed by atoms with Crippen LogP contribution in [0.1, 0.15) is 46.3 Å². The summed E-state index contributed by atoms with van der Waals surface area (Å²) in [6.07, 6.45) is 4.66. The van der Waals surface area contributed by atoms with Gasteiger partial charge in [0.15, 0.2) is 11.9 Å². The highest BCUT2D eigenvalue weighted by molar-refractivity contribution is 7.15. The standard InChI is InChI=1S/C29H22FN7O2S/c1-15-33-24(25(40-15)18-13-31-26(32-14-18)17-10-11-17)28-36-37-29(39-28)35-27-22(38)12-20-19(8-5-9-21(20)30)23(34-27)16-6-3-2-4-7-16/h2-9,13-14,17,27H,10-12H2,1H3,(H,35,37)/t27-/m1/s1. The van der Waals surface area contributed by atoms with Crippen molar-refractivity contribution in [3.8, 4) is 22.0 Å². The number of benzene rings is 2. The number of nitrogens with one attached hydrogen (secondary N) is 1. The maximum absolute atomic E-state index is 14.8. The van der Waals surface area contributed by atoms with Crippen LogP contribution in [0.4, 0.5) is 10.4 Å². The minimum atomic E-state index is -1.06. The number of halogens is 1. The van der Waals surface area contributed by atoms with Crippen LogP contribution in [0.25, 0.3) is 22.0 Å². The average molecular weight is 552 g/mol. The Labute approximate surface area is 232 Å². The molecule has 0 saturated heterocycles. The molecule has 3 aromatic heterocycles. The number of aliphatic imine (C=N–C) groups is 1. The lowest BCUT2D eigenvalue weighted by molar-refractivity contribution is -0.119. The molecule has 1 atom stereocenters. The van der Waals surface area contributed by atoms with E-state index < -0.39 is 12.0 Å². The highest BCUT2D eigenvalue weighted by Crippen LogP contribution is 2.40. The van der Waals surface area contributed by atoms with E-state index in [1.165, 1.54) is 17.4 Å². The second kappa shape index (κ2) is 9.83. The molecule has 5 aromatic rings. The monoisotopic (exact) mass is 551 g/mol. The number of carbonyl (C=O) groups excluding carboxylic acids is 1. The first kappa shape index (κ1) is 24.4. The van der Waals surface area contributed by atoms with Crippen LogP contribution in [0, 0.1) is 12.7 Å². The van der Waals surface area contributed by atoms with Gasteiger partial charge in [-0.05, 0) is 25.8 Å². The summed E-state index contributed by atoms with van der Waals surface area (Å²) >= 11 is 1.48. The maximum atomic E-state index is 14.8. The molecule has 40 heavy (non-hydrogen) atoms. The smallest absolute Gasteiger partial charge is 0.317 e. The van der Waals surface area contributed by atoms with Crippen molar-refractivity contribution in [3.05, 3.63) is 94.3 Å². The first-order valence-corrected chi connectivity index (χ1v) is 13.7. The van der Waals surface area contributed by atoms with Gasteiger partial charge in [0.2, 0.25) is 0 Å². The van der Waals surface area contributed by atoms with Gasteiger partial charge in [0.1, 0.15) is 17.3 Å². The zero-order valence-electron chi connectivity index (χ0n) is 21.3. The molecule has 1 aliphatic heterocycles. The lowest BCUT2D eigenvalue weighted by Gasteiger charge is -2.11. The largest absolute Gasteiger partial charge is 0.402 e. The third-order valence-corrected chi connectivity index (χ3v) is 7.85. The molecule has 0 spiro atoms. The van der Waals surface area contributed by atoms with Gasteiger partial charge in [0.25, 0.3) is 5.89 Å². The second-order valence-electron chi connectivity index (χ2n) is 9.73. The van der Waals surface area contributed by atoms with Gasteiger partial charge in [-0.3, -0.25) is 9.79 Å². The summed E-state index contributed by atoms with van der Waals surface area (Å²) in [5.74, 6) is 0.741. The van der Waals surface area contributed by atoms with Crippen LogP contribution in [0.3, 0.4) is 0 Å². The quantitative estimate of drug-likeness (QED) is 0.299. The van der Waals surface area contributed by atoms with Crippen LogP contribution in [-0.4, -0.2) is 42.8 Å². The van der Waals surface area contributed by atoms with Crippen molar-refractivity contribution >= 4 is 28.8 Å². The molecule has 11 heteroatoms. The SMILES string of the molecule is Cc1nc(-c2nnc(N[C@H]3N=C(c4ccccc4)c4cccc(F)c4CC3=O)o2)c(-c2cnc(C3CC3)nc2)s1. The Morgan fingerprint density at radius 1 is 1.00 bits per heavy atom. The van der Waals surface area contributed by atoms with E-state index in [-0.39, 0.29) is 24.1 Å². The van der Waals surface area contributed by atoms with E-state index in [0.29, 0.717) is 28.5 Å². The van der Waals surface area contributed by atoms with E-state index in [2.05, 4.69) is 30.5 Å². The molecule has 0 bridgehead atoms. The Bertz CT molecular complexity index is 1760. The molecule has 1 aliphatic carbocycles. The number of aromatic nitrogens is 5. The van der Waals surface area contributed by atoms with Gasteiger partial charge in [-0.25, -0.2) is 19.3 Å². The number of ketones is 1. The highest BCUT2D eigenvalue weighted by Gasteiger charge is 2.30. The third kappa shape index (κ3) is 4.58. The molecule has 1 N–H and O–H groups in total. The van der Waals surface area contributed by atoms with Gasteiger partial charge in [-0.1, -0.05) is 47.6 Å². The molecule has 7 rings (SSSR count). The lowest BCUT2D eigenvalue weighted by Crippen LogP contribution is -2.29. The predicted molar refractivity (Wildman–Crippen MR) is 148 cm³/mol. The second-order valence-corrected chi connectivity index (χ2v) is 10.9. The van der Waals surface area contributed by atoms with Crippen LogP contribution >= 0.6 is 11.3 Å². The summed E-state index contributed by atoms with van der Waals surface area (Å²) in [7, 11) is 0. The van der Waals surface area contributed by atoms with Crippen LogP contribution in [0.15, 0.2) is 70.3 Å². The first-order chi connectivity index (χ1) is 19.5. The molecule has 1 fully saturated rings. The molecule has 9 nitrogen and oxygen atoms in total. The number of fused-ring (bicyclic) bond motifs is 1. The van der Waals surface area contributed by atoms with Gasteiger partial charge in [0.05, 0.1) is 15.6 Å². The third-order valence-electron chi connectivity index (χ3n) is 6.83. The van der Waals surface area contributed by atoms with Gasteiger partial charge in [-0.2, -0.15) is 0 Å². The van der Waals surface area contributed by atoms with E-state index in [4.69, 9.17) is 9.41 Å². The normalized spacial score (nSPS) is 16.8. The average Bonchev–Trinajstić information content (AvgIpc) is 3.63. The number of aryl methyl sites for hydroxylation is 1. The number of rotatable bonds is 6. The van der Waals surface area contributed by atoms with E-state index in [9.17, 15) is 9.18 Å². The molecule has 2 aliphatic rings. The Hall–Kier alpha value is -4.64. The van der Waals surface area contributed by atoms with Crippen LogP contribution in [0.5, 0.6) is 0 Å². The Morgan fingerprint density at radius 3 is 2.58 bits per heavy atom. The number of anilines is 1. The summed E-state index contributed by atoms with van der Waals surface area (Å²) in [5, 5.41) is 12.1. The van der Waals surface area contributed by atoms with E-state index >= 15 is 0 Å².